The third-order valence-electron chi connectivity index (χ3n) is 5.11. The fraction of sp³-hybridized carbons (Fsp3) is 0.400. The van der Waals surface area contributed by atoms with Crippen LogP contribution in [-0.2, 0) is 20.3 Å². The number of carboxylic acid groups (broad SMARTS) is 1. The number of rotatable bonds is 7. The van der Waals surface area contributed by atoms with Crippen molar-refractivity contribution in [3.8, 4) is 17.0 Å². The van der Waals surface area contributed by atoms with E-state index < -0.39 is 32.7 Å². The fourth-order valence-electron chi connectivity index (χ4n) is 3.66. The van der Waals surface area contributed by atoms with Crippen molar-refractivity contribution >= 4 is 27.4 Å². The first-order valence-corrected chi connectivity index (χ1v) is 11.6. The van der Waals surface area contributed by atoms with Crippen LogP contribution in [-0.4, -0.2) is 43.9 Å². The monoisotopic (exact) mass is 453 g/mol. The van der Waals surface area contributed by atoms with E-state index in [1.807, 2.05) is 6.92 Å². The van der Waals surface area contributed by atoms with Crippen LogP contribution in [0.15, 0.2) is 27.9 Å². The molecule has 160 valence electrons. The minimum atomic E-state index is -3.79. The van der Waals surface area contributed by atoms with E-state index in [9.17, 15) is 23.1 Å². The summed E-state index contributed by atoms with van der Waals surface area (Å²) in [6, 6.07) is 3.86. The number of sulfone groups is 1. The number of aromatic nitrogens is 1. The normalized spacial score (nSPS) is 16.6. The highest BCUT2D eigenvalue weighted by atomic mass is 35.5. The van der Waals surface area contributed by atoms with Crippen molar-refractivity contribution < 1.29 is 27.8 Å². The SMILES string of the molecule is CCOCCOc1cc2c(cc1Cl)-c1c(cc(C(=O)O)c(=O)n1C1CC1)CS2(=O)=O. The number of aromatic carboxylic acids is 1. The van der Waals surface area contributed by atoms with E-state index in [0.29, 0.717) is 24.5 Å². The minimum absolute atomic E-state index is 0.0164. The molecular formula is C20H20ClNO7S. The van der Waals surface area contributed by atoms with Crippen molar-refractivity contribution in [2.45, 2.75) is 36.5 Å². The standard InChI is InChI=1S/C20H20ClNO7S/c1-2-28-5-6-29-16-9-17-13(8-15(16)21)18-11(10-30(17,26)27)7-14(20(24)25)19(23)22(18)12-3-4-12/h7-9,12H,2-6,10H2,1H3,(H,24,25). The van der Waals surface area contributed by atoms with Gasteiger partial charge in [-0.15, -0.1) is 0 Å². The number of benzene rings is 1. The van der Waals surface area contributed by atoms with Crippen molar-refractivity contribution in [1.29, 1.82) is 0 Å². The number of hydrogen-bond acceptors (Lipinski definition) is 6. The quantitative estimate of drug-likeness (QED) is 0.641. The largest absolute Gasteiger partial charge is 0.490 e. The van der Waals surface area contributed by atoms with Gasteiger partial charge in [0.15, 0.2) is 9.84 Å². The highest BCUT2D eigenvalue weighted by molar-refractivity contribution is 7.90. The Bertz CT molecular complexity index is 1200. The van der Waals surface area contributed by atoms with Gasteiger partial charge >= 0.3 is 5.97 Å². The number of nitrogens with zero attached hydrogens (tertiary/aromatic N) is 1. The van der Waals surface area contributed by atoms with Crippen molar-refractivity contribution in [3.63, 3.8) is 0 Å². The van der Waals surface area contributed by atoms with Crippen LogP contribution in [0.25, 0.3) is 11.3 Å². The van der Waals surface area contributed by atoms with E-state index in [-0.39, 0.29) is 33.9 Å². The van der Waals surface area contributed by atoms with Gasteiger partial charge < -0.3 is 19.1 Å². The second-order valence-corrected chi connectivity index (χ2v) is 9.59. The second-order valence-electron chi connectivity index (χ2n) is 7.23. The summed E-state index contributed by atoms with van der Waals surface area (Å²) in [5.41, 5.74) is -0.0737. The molecule has 2 aromatic rings. The van der Waals surface area contributed by atoms with E-state index in [1.165, 1.54) is 22.8 Å². The first-order valence-electron chi connectivity index (χ1n) is 9.53. The van der Waals surface area contributed by atoms with Crippen LogP contribution in [0.3, 0.4) is 0 Å². The number of fused-ring (bicyclic) bond motifs is 3. The van der Waals surface area contributed by atoms with Crippen molar-refractivity contribution in [3.05, 3.63) is 44.7 Å². The lowest BCUT2D eigenvalue weighted by Gasteiger charge is -2.25. The molecule has 1 N–H and O–H groups in total. The number of carbonyl (C=O) groups is 1. The third kappa shape index (κ3) is 3.61. The molecule has 0 radical (unpaired) electrons. The van der Waals surface area contributed by atoms with Crippen molar-refractivity contribution in [1.82, 2.24) is 4.57 Å². The summed E-state index contributed by atoms with van der Waals surface area (Å²) in [6.07, 6.45) is 1.45. The lowest BCUT2D eigenvalue weighted by molar-refractivity contribution is 0.0694. The number of hydrogen-bond donors (Lipinski definition) is 1. The number of halogens is 1. The number of carboxylic acids is 1. The average Bonchev–Trinajstić information content (AvgIpc) is 3.50. The van der Waals surface area contributed by atoms with Gasteiger partial charge in [-0.3, -0.25) is 4.79 Å². The van der Waals surface area contributed by atoms with Gasteiger partial charge in [-0.05, 0) is 37.5 Å². The van der Waals surface area contributed by atoms with Crippen LogP contribution in [0.4, 0.5) is 0 Å². The Labute approximate surface area is 177 Å². The second kappa shape index (κ2) is 7.72. The molecule has 0 spiro atoms. The maximum atomic E-state index is 13.0. The van der Waals surface area contributed by atoms with Gasteiger partial charge in [-0.1, -0.05) is 11.6 Å². The zero-order valence-electron chi connectivity index (χ0n) is 16.2. The summed E-state index contributed by atoms with van der Waals surface area (Å²) in [7, 11) is -3.79. The first kappa shape index (κ1) is 20.9. The zero-order chi connectivity index (χ0) is 21.6. The molecule has 1 aromatic carbocycles. The van der Waals surface area contributed by atoms with Crippen LogP contribution in [0.1, 0.15) is 41.7 Å². The fourth-order valence-corrected chi connectivity index (χ4v) is 5.44. The van der Waals surface area contributed by atoms with Gasteiger partial charge in [0.05, 0.1) is 28.0 Å². The lowest BCUT2D eigenvalue weighted by Crippen LogP contribution is -2.30. The summed E-state index contributed by atoms with van der Waals surface area (Å²) in [5.74, 6) is -1.57. The Hall–Kier alpha value is -2.36. The molecular weight excluding hydrogens is 434 g/mol. The molecule has 1 fully saturated rings. The molecule has 0 unspecified atom stereocenters. The van der Waals surface area contributed by atoms with Crippen LogP contribution in [0.5, 0.6) is 5.75 Å². The maximum absolute atomic E-state index is 13.0. The molecule has 4 rings (SSSR count). The van der Waals surface area contributed by atoms with Gasteiger partial charge in [-0.25, -0.2) is 13.2 Å². The third-order valence-corrected chi connectivity index (χ3v) is 7.11. The molecule has 1 aromatic heterocycles. The van der Waals surface area contributed by atoms with Gasteiger partial charge in [0, 0.05) is 24.3 Å². The highest BCUT2D eigenvalue weighted by Gasteiger charge is 2.37. The summed E-state index contributed by atoms with van der Waals surface area (Å²) < 4.78 is 38.2. The Kier molecular flexibility index (Phi) is 5.37. The maximum Gasteiger partial charge on any atom is 0.341 e. The van der Waals surface area contributed by atoms with Crippen LogP contribution in [0, 0.1) is 0 Å². The van der Waals surface area contributed by atoms with Gasteiger partial charge in [-0.2, -0.15) is 0 Å². The number of ether oxygens (including phenoxy) is 2. The van der Waals surface area contributed by atoms with E-state index in [2.05, 4.69) is 0 Å². The molecule has 0 bridgehead atoms. The topological polar surface area (TPSA) is 112 Å². The van der Waals surface area contributed by atoms with Gasteiger partial charge in [0.25, 0.3) is 5.56 Å². The highest BCUT2D eigenvalue weighted by Crippen LogP contribution is 2.46. The first-order chi connectivity index (χ1) is 14.2. The van der Waals surface area contributed by atoms with Crippen LogP contribution >= 0.6 is 11.6 Å². The minimum Gasteiger partial charge on any atom is -0.490 e. The Morgan fingerprint density at radius 2 is 2.00 bits per heavy atom. The van der Waals surface area contributed by atoms with E-state index in [1.54, 1.807) is 0 Å². The smallest absolute Gasteiger partial charge is 0.341 e. The number of pyridine rings is 1. The summed E-state index contributed by atoms with van der Waals surface area (Å²) in [5, 5.41) is 9.61. The molecule has 1 aliphatic carbocycles. The van der Waals surface area contributed by atoms with Crippen LogP contribution in [0.2, 0.25) is 5.02 Å². The molecule has 1 saturated carbocycles. The summed E-state index contributed by atoms with van der Waals surface area (Å²) in [6.45, 7) is 2.92. The molecule has 0 atom stereocenters. The lowest BCUT2D eigenvalue weighted by atomic mass is 10.0. The molecule has 0 amide bonds. The van der Waals surface area contributed by atoms with E-state index in [4.69, 9.17) is 21.1 Å². The van der Waals surface area contributed by atoms with Crippen molar-refractivity contribution in [2.75, 3.05) is 19.8 Å². The molecule has 1 aliphatic heterocycles. The summed E-state index contributed by atoms with van der Waals surface area (Å²) in [4.78, 5) is 24.4. The predicted octanol–water partition coefficient (Wildman–Crippen LogP) is 2.90. The summed E-state index contributed by atoms with van der Waals surface area (Å²) >= 11 is 6.36. The molecule has 2 heterocycles. The van der Waals surface area contributed by atoms with E-state index >= 15 is 0 Å². The zero-order valence-corrected chi connectivity index (χ0v) is 17.8. The predicted molar refractivity (Wildman–Crippen MR) is 109 cm³/mol. The Balaban J connectivity index is 1.90. The van der Waals surface area contributed by atoms with Gasteiger partial charge in [0.2, 0.25) is 0 Å². The van der Waals surface area contributed by atoms with Crippen LogP contribution < -0.4 is 10.3 Å². The van der Waals surface area contributed by atoms with E-state index in [0.717, 1.165) is 12.8 Å². The van der Waals surface area contributed by atoms with Gasteiger partial charge in [0.1, 0.15) is 17.9 Å². The Morgan fingerprint density at radius 1 is 1.27 bits per heavy atom. The molecule has 10 heteroatoms. The molecule has 30 heavy (non-hydrogen) atoms. The molecule has 0 saturated heterocycles. The van der Waals surface area contributed by atoms with Crippen molar-refractivity contribution in [2.24, 2.45) is 0 Å². The average molecular weight is 454 g/mol. The molecule has 8 nitrogen and oxygen atoms in total. The molecule has 2 aliphatic rings. The Morgan fingerprint density at radius 3 is 2.63 bits per heavy atom.